The van der Waals surface area contributed by atoms with Gasteiger partial charge in [0.2, 0.25) is 0 Å². The first-order chi connectivity index (χ1) is 9.54. The molecule has 0 atom stereocenters. The summed E-state index contributed by atoms with van der Waals surface area (Å²) in [5.41, 5.74) is 3.78. The van der Waals surface area contributed by atoms with E-state index in [2.05, 4.69) is 4.98 Å². The van der Waals surface area contributed by atoms with Crippen molar-refractivity contribution in [1.29, 1.82) is 0 Å². The van der Waals surface area contributed by atoms with Gasteiger partial charge in [0, 0.05) is 23.0 Å². The zero-order valence-electron chi connectivity index (χ0n) is 11.0. The van der Waals surface area contributed by atoms with Crippen LogP contribution in [0.15, 0.2) is 29.8 Å². The molecule has 20 heavy (non-hydrogen) atoms. The summed E-state index contributed by atoms with van der Waals surface area (Å²) in [7, 11) is 0. The van der Waals surface area contributed by atoms with E-state index in [0.29, 0.717) is 18.1 Å². The fourth-order valence-corrected chi connectivity index (χ4v) is 2.83. The van der Waals surface area contributed by atoms with E-state index in [4.69, 9.17) is 16.7 Å². The van der Waals surface area contributed by atoms with Gasteiger partial charge in [-0.1, -0.05) is 23.7 Å². The van der Waals surface area contributed by atoms with E-state index in [1.165, 1.54) is 0 Å². The summed E-state index contributed by atoms with van der Waals surface area (Å²) in [6.07, 6.45) is 0. The van der Waals surface area contributed by atoms with Crippen LogP contribution >= 0.6 is 22.9 Å². The highest BCUT2D eigenvalue weighted by Gasteiger charge is 2.13. The van der Waals surface area contributed by atoms with Crippen molar-refractivity contribution >= 4 is 28.9 Å². The van der Waals surface area contributed by atoms with E-state index in [1.807, 2.05) is 36.1 Å². The molecule has 0 aliphatic carbocycles. The van der Waals surface area contributed by atoms with Gasteiger partial charge in [-0.15, -0.1) is 11.3 Å². The highest BCUT2D eigenvalue weighted by Crippen LogP contribution is 2.17. The van der Waals surface area contributed by atoms with Crippen molar-refractivity contribution in [3.63, 3.8) is 0 Å². The summed E-state index contributed by atoms with van der Waals surface area (Å²) in [5, 5.41) is 9.71. The smallest absolute Gasteiger partial charge is 0.317 e. The Morgan fingerprint density at radius 3 is 2.60 bits per heavy atom. The van der Waals surface area contributed by atoms with Crippen LogP contribution in [0.4, 0.5) is 0 Å². The number of nitrogens with zero attached hydrogens (tertiary/aromatic N) is 2. The van der Waals surface area contributed by atoms with E-state index < -0.39 is 5.97 Å². The second kappa shape index (κ2) is 6.83. The molecule has 0 amide bonds. The van der Waals surface area contributed by atoms with E-state index in [-0.39, 0.29) is 6.54 Å². The Morgan fingerprint density at radius 2 is 2.05 bits per heavy atom. The number of aryl methyl sites for hydroxylation is 1. The topological polar surface area (TPSA) is 53.4 Å². The minimum atomic E-state index is -0.832. The van der Waals surface area contributed by atoms with Crippen molar-refractivity contribution < 1.29 is 9.90 Å². The summed E-state index contributed by atoms with van der Waals surface area (Å²) >= 11 is 7.41. The Bertz CT molecular complexity index is 583. The number of hydrogen-bond acceptors (Lipinski definition) is 4. The lowest BCUT2D eigenvalue weighted by molar-refractivity contribution is -0.138. The summed E-state index contributed by atoms with van der Waals surface area (Å²) in [5.74, 6) is -0.832. The number of aliphatic carboxylic acids is 1. The highest BCUT2D eigenvalue weighted by atomic mass is 35.5. The SMILES string of the molecule is Cc1ncsc1CN(CC(=O)O)Cc1ccc(Cl)cc1. The van der Waals surface area contributed by atoms with Gasteiger partial charge in [-0.05, 0) is 24.6 Å². The molecule has 106 valence electrons. The molecule has 0 aliphatic heterocycles. The van der Waals surface area contributed by atoms with Gasteiger partial charge in [-0.2, -0.15) is 0 Å². The number of carbonyl (C=O) groups is 1. The Balaban J connectivity index is 2.09. The molecule has 0 spiro atoms. The Morgan fingerprint density at radius 1 is 1.35 bits per heavy atom. The van der Waals surface area contributed by atoms with Crippen LogP contribution in [0.2, 0.25) is 5.02 Å². The normalized spacial score (nSPS) is 10.9. The van der Waals surface area contributed by atoms with Crippen LogP contribution in [0.1, 0.15) is 16.1 Å². The molecular formula is C14H15ClN2O2S. The molecule has 1 aromatic heterocycles. The van der Waals surface area contributed by atoms with Crippen molar-refractivity contribution in [1.82, 2.24) is 9.88 Å². The van der Waals surface area contributed by atoms with Crippen LogP contribution < -0.4 is 0 Å². The predicted molar refractivity (Wildman–Crippen MR) is 80.1 cm³/mol. The first-order valence-corrected chi connectivity index (χ1v) is 7.38. The van der Waals surface area contributed by atoms with Crippen molar-refractivity contribution in [3.8, 4) is 0 Å². The van der Waals surface area contributed by atoms with Gasteiger partial charge < -0.3 is 5.11 Å². The number of hydrogen-bond donors (Lipinski definition) is 1. The molecule has 0 unspecified atom stereocenters. The van der Waals surface area contributed by atoms with Gasteiger partial charge in [0.1, 0.15) is 0 Å². The maximum atomic E-state index is 11.0. The molecule has 0 fully saturated rings. The Labute approximate surface area is 126 Å². The zero-order valence-corrected chi connectivity index (χ0v) is 12.6. The quantitative estimate of drug-likeness (QED) is 0.890. The number of halogens is 1. The predicted octanol–water partition coefficient (Wildman–Crippen LogP) is 3.19. The number of carboxylic acids is 1. The number of benzene rings is 1. The van der Waals surface area contributed by atoms with E-state index in [9.17, 15) is 4.79 Å². The monoisotopic (exact) mass is 310 g/mol. The second-order valence-electron chi connectivity index (χ2n) is 4.53. The molecule has 1 aromatic carbocycles. The molecule has 4 nitrogen and oxygen atoms in total. The van der Waals surface area contributed by atoms with Crippen molar-refractivity contribution in [2.24, 2.45) is 0 Å². The van der Waals surface area contributed by atoms with Gasteiger partial charge in [0.25, 0.3) is 0 Å². The molecule has 6 heteroatoms. The van der Waals surface area contributed by atoms with E-state index in [0.717, 1.165) is 16.1 Å². The maximum absolute atomic E-state index is 11.0. The Hall–Kier alpha value is -1.43. The fourth-order valence-electron chi connectivity index (χ4n) is 1.89. The molecule has 0 saturated heterocycles. The summed E-state index contributed by atoms with van der Waals surface area (Å²) in [6, 6.07) is 7.45. The van der Waals surface area contributed by atoms with E-state index in [1.54, 1.807) is 16.8 Å². The molecule has 2 aromatic rings. The van der Waals surface area contributed by atoms with Crippen LogP contribution in [-0.4, -0.2) is 27.5 Å². The molecule has 0 aliphatic rings. The maximum Gasteiger partial charge on any atom is 0.317 e. The van der Waals surface area contributed by atoms with Gasteiger partial charge in [-0.3, -0.25) is 9.69 Å². The molecule has 1 heterocycles. The summed E-state index contributed by atoms with van der Waals surface area (Å²) in [4.78, 5) is 18.2. The molecule has 0 saturated carbocycles. The lowest BCUT2D eigenvalue weighted by Gasteiger charge is -2.19. The third kappa shape index (κ3) is 4.30. The average Bonchev–Trinajstić information content (AvgIpc) is 2.77. The molecular weight excluding hydrogens is 296 g/mol. The van der Waals surface area contributed by atoms with Gasteiger partial charge in [0.15, 0.2) is 0 Å². The molecule has 1 N–H and O–H groups in total. The third-order valence-electron chi connectivity index (χ3n) is 2.89. The van der Waals surface area contributed by atoms with Crippen LogP contribution in [0, 0.1) is 6.92 Å². The minimum Gasteiger partial charge on any atom is -0.480 e. The Kier molecular flexibility index (Phi) is 5.11. The average molecular weight is 311 g/mol. The van der Waals surface area contributed by atoms with Gasteiger partial charge >= 0.3 is 5.97 Å². The van der Waals surface area contributed by atoms with Crippen LogP contribution in [0.5, 0.6) is 0 Å². The number of rotatable bonds is 6. The number of carboxylic acid groups (broad SMARTS) is 1. The zero-order chi connectivity index (χ0) is 14.5. The van der Waals surface area contributed by atoms with Crippen LogP contribution in [0.25, 0.3) is 0 Å². The van der Waals surface area contributed by atoms with Gasteiger partial charge in [0.05, 0.1) is 17.7 Å². The molecule has 0 radical (unpaired) electrons. The summed E-state index contributed by atoms with van der Waals surface area (Å²) in [6.45, 7) is 3.10. The largest absolute Gasteiger partial charge is 0.480 e. The standard InChI is InChI=1S/C14H15ClN2O2S/c1-10-13(20-9-16-10)7-17(8-14(18)19)6-11-2-4-12(15)5-3-11/h2-5,9H,6-8H2,1H3,(H,18,19). The number of thiazole rings is 1. The first kappa shape index (κ1) is 15.0. The van der Waals surface area contributed by atoms with Crippen molar-refractivity contribution in [2.45, 2.75) is 20.0 Å². The molecule has 0 bridgehead atoms. The van der Waals surface area contributed by atoms with Crippen LogP contribution in [0.3, 0.4) is 0 Å². The van der Waals surface area contributed by atoms with Crippen molar-refractivity contribution in [2.75, 3.05) is 6.54 Å². The van der Waals surface area contributed by atoms with Gasteiger partial charge in [-0.25, -0.2) is 4.98 Å². The minimum absolute atomic E-state index is 0.0000333. The third-order valence-corrected chi connectivity index (χ3v) is 4.06. The fraction of sp³-hybridized carbons (Fsp3) is 0.286. The first-order valence-electron chi connectivity index (χ1n) is 6.12. The number of aromatic nitrogens is 1. The lowest BCUT2D eigenvalue weighted by Crippen LogP contribution is -2.28. The van der Waals surface area contributed by atoms with Crippen LogP contribution in [-0.2, 0) is 17.9 Å². The van der Waals surface area contributed by atoms with E-state index >= 15 is 0 Å². The van der Waals surface area contributed by atoms with Crippen molar-refractivity contribution in [3.05, 3.63) is 50.9 Å². The summed E-state index contributed by atoms with van der Waals surface area (Å²) < 4.78 is 0. The second-order valence-corrected chi connectivity index (χ2v) is 5.90. The lowest BCUT2D eigenvalue weighted by atomic mass is 10.2. The highest BCUT2D eigenvalue weighted by molar-refractivity contribution is 7.09. The molecule has 2 rings (SSSR count).